The van der Waals surface area contributed by atoms with Gasteiger partial charge >= 0.3 is 0 Å². The fraction of sp³-hybridized carbons (Fsp3) is 0.760. The van der Waals surface area contributed by atoms with E-state index in [1.807, 2.05) is 24.3 Å². The van der Waals surface area contributed by atoms with Crippen LogP contribution in [0.4, 0.5) is 0 Å². The van der Waals surface area contributed by atoms with Gasteiger partial charge in [-0.2, -0.15) is 5.06 Å². The molecule has 1 saturated heterocycles. The number of hydroxylamine groups is 2. The molecule has 0 saturated carbocycles. The zero-order valence-corrected chi connectivity index (χ0v) is 20.3. The molecule has 3 unspecified atom stereocenters. The minimum atomic E-state index is -0.300. The number of ether oxygens (including phenoxy) is 3. The Labute approximate surface area is 183 Å². The lowest BCUT2D eigenvalue weighted by Crippen LogP contribution is -2.60. The SMILES string of the molecule is CCC(C)Oc1ccc(OC(C)CC(CC)OC2CC(C)(C)N(O)C(C)(C)C2)cc1. The highest BCUT2D eigenvalue weighted by molar-refractivity contribution is 5.31. The summed E-state index contributed by atoms with van der Waals surface area (Å²) >= 11 is 0. The number of hydrogen-bond donors (Lipinski definition) is 1. The summed E-state index contributed by atoms with van der Waals surface area (Å²) in [5.41, 5.74) is -0.599. The predicted octanol–water partition coefficient (Wildman–Crippen LogP) is 6.23. The molecular formula is C25H43NO4. The molecule has 0 aliphatic carbocycles. The maximum atomic E-state index is 10.5. The number of benzene rings is 1. The van der Waals surface area contributed by atoms with E-state index in [-0.39, 0.29) is 35.5 Å². The molecule has 1 aromatic carbocycles. The van der Waals surface area contributed by atoms with Gasteiger partial charge in [0.05, 0.1) is 24.4 Å². The Bertz CT molecular complexity index is 625. The zero-order chi connectivity index (χ0) is 22.5. The molecule has 1 aromatic rings. The first-order valence-corrected chi connectivity index (χ1v) is 11.5. The third-order valence-electron chi connectivity index (χ3n) is 6.11. The topological polar surface area (TPSA) is 51.2 Å². The van der Waals surface area contributed by atoms with Crippen molar-refractivity contribution in [2.75, 3.05) is 0 Å². The second-order valence-corrected chi connectivity index (χ2v) is 10.1. The van der Waals surface area contributed by atoms with Crippen LogP contribution in [0.15, 0.2) is 24.3 Å². The van der Waals surface area contributed by atoms with Gasteiger partial charge in [-0.25, -0.2) is 0 Å². The predicted molar refractivity (Wildman–Crippen MR) is 121 cm³/mol. The van der Waals surface area contributed by atoms with Crippen LogP contribution in [0.5, 0.6) is 11.5 Å². The fourth-order valence-corrected chi connectivity index (χ4v) is 4.43. The van der Waals surface area contributed by atoms with E-state index in [1.54, 1.807) is 0 Å². The summed E-state index contributed by atoms with van der Waals surface area (Å²) in [7, 11) is 0. The van der Waals surface area contributed by atoms with E-state index in [2.05, 4.69) is 55.4 Å². The summed E-state index contributed by atoms with van der Waals surface area (Å²) in [4.78, 5) is 0. The number of rotatable bonds is 10. The van der Waals surface area contributed by atoms with Crippen molar-refractivity contribution in [1.82, 2.24) is 5.06 Å². The van der Waals surface area contributed by atoms with Crippen molar-refractivity contribution in [3.63, 3.8) is 0 Å². The number of nitrogens with zero attached hydrogens (tertiary/aromatic N) is 1. The molecule has 172 valence electrons. The molecule has 3 atom stereocenters. The van der Waals surface area contributed by atoms with Gasteiger partial charge in [0, 0.05) is 17.5 Å². The smallest absolute Gasteiger partial charge is 0.119 e. The molecule has 0 radical (unpaired) electrons. The first-order valence-electron chi connectivity index (χ1n) is 11.5. The highest BCUT2D eigenvalue weighted by atomic mass is 16.5. The molecule has 0 aromatic heterocycles. The highest BCUT2D eigenvalue weighted by Gasteiger charge is 2.45. The van der Waals surface area contributed by atoms with E-state index >= 15 is 0 Å². The van der Waals surface area contributed by atoms with Gasteiger partial charge in [0.15, 0.2) is 0 Å². The molecule has 0 bridgehead atoms. The molecule has 0 spiro atoms. The van der Waals surface area contributed by atoms with E-state index in [0.29, 0.717) is 0 Å². The van der Waals surface area contributed by atoms with E-state index in [4.69, 9.17) is 14.2 Å². The first-order chi connectivity index (χ1) is 14.0. The maximum Gasteiger partial charge on any atom is 0.119 e. The van der Waals surface area contributed by atoms with Gasteiger partial charge in [0.2, 0.25) is 0 Å². The maximum absolute atomic E-state index is 10.5. The summed E-state index contributed by atoms with van der Waals surface area (Å²) in [6, 6.07) is 7.87. The van der Waals surface area contributed by atoms with Gasteiger partial charge in [-0.05, 0) is 91.5 Å². The lowest BCUT2D eigenvalue weighted by molar-refractivity contribution is -0.265. The summed E-state index contributed by atoms with van der Waals surface area (Å²) in [6.45, 7) is 16.7. The third kappa shape index (κ3) is 6.86. The Morgan fingerprint density at radius 1 is 0.900 bits per heavy atom. The molecule has 1 heterocycles. The third-order valence-corrected chi connectivity index (χ3v) is 6.11. The molecule has 0 amide bonds. The molecule has 5 nitrogen and oxygen atoms in total. The van der Waals surface area contributed by atoms with Crippen molar-refractivity contribution in [1.29, 1.82) is 0 Å². The molecule has 1 aliphatic rings. The van der Waals surface area contributed by atoms with E-state index < -0.39 is 0 Å². The van der Waals surface area contributed by atoms with E-state index in [0.717, 1.165) is 43.6 Å². The first kappa shape index (κ1) is 25.0. The molecule has 5 heteroatoms. The Morgan fingerprint density at radius 3 is 1.80 bits per heavy atom. The van der Waals surface area contributed by atoms with Gasteiger partial charge in [-0.1, -0.05) is 13.8 Å². The van der Waals surface area contributed by atoms with Crippen LogP contribution in [0.25, 0.3) is 0 Å². The summed E-state index contributed by atoms with van der Waals surface area (Å²) < 4.78 is 18.5. The molecule has 1 fully saturated rings. The van der Waals surface area contributed by atoms with Crippen LogP contribution in [-0.2, 0) is 4.74 Å². The number of hydrogen-bond acceptors (Lipinski definition) is 5. The molecule has 30 heavy (non-hydrogen) atoms. The van der Waals surface area contributed by atoms with Crippen LogP contribution < -0.4 is 9.47 Å². The van der Waals surface area contributed by atoms with E-state index in [1.165, 1.54) is 5.06 Å². The largest absolute Gasteiger partial charge is 0.491 e. The van der Waals surface area contributed by atoms with Crippen molar-refractivity contribution in [3.8, 4) is 11.5 Å². The van der Waals surface area contributed by atoms with Gasteiger partial charge < -0.3 is 19.4 Å². The van der Waals surface area contributed by atoms with Crippen LogP contribution in [0, 0.1) is 0 Å². The van der Waals surface area contributed by atoms with Gasteiger partial charge in [-0.15, -0.1) is 0 Å². The van der Waals surface area contributed by atoms with Gasteiger partial charge in [-0.3, -0.25) is 0 Å². The van der Waals surface area contributed by atoms with Gasteiger partial charge in [0.25, 0.3) is 0 Å². The highest BCUT2D eigenvalue weighted by Crippen LogP contribution is 2.38. The Kier molecular flexibility index (Phi) is 8.60. The normalized spacial score (nSPS) is 22.3. The summed E-state index contributed by atoms with van der Waals surface area (Å²) in [5.74, 6) is 1.73. The lowest BCUT2D eigenvalue weighted by atomic mass is 9.80. The van der Waals surface area contributed by atoms with Crippen molar-refractivity contribution in [2.45, 2.75) is 123 Å². The Hall–Kier alpha value is -1.30. The van der Waals surface area contributed by atoms with Crippen molar-refractivity contribution >= 4 is 0 Å². The molecule has 1 aliphatic heterocycles. The monoisotopic (exact) mass is 421 g/mol. The van der Waals surface area contributed by atoms with Crippen LogP contribution in [0.1, 0.15) is 87.5 Å². The molecule has 1 N–H and O–H groups in total. The quantitative estimate of drug-likeness (QED) is 0.485. The Balaban J connectivity index is 1.89. The lowest BCUT2D eigenvalue weighted by Gasteiger charge is -2.51. The van der Waals surface area contributed by atoms with Crippen molar-refractivity contribution < 1.29 is 19.4 Å². The van der Waals surface area contributed by atoms with Crippen molar-refractivity contribution in [2.24, 2.45) is 0 Å². The fourth-order valence-electron chi connectivity index (χ4n) is 4.43. The van der Waals surface area contributed by atoms with Crippen LogP contribution in [0.3, 0.4) is 0 Å². The minimum absolute atomic E-state index is 0.0511. The standard InChI is InChI=1S/C25H43NO4/c1-9-18(3)28-21-11-13-22(14-12-21)29-19(4)15-20(10-2)30-23-16-24(5,6)26(27)25(7,8)17-23/h11-14,18-20,23,27H,9-10,15-17H2,1-8H3. The second-order valence-electron chi connectivity index (χ2n) is 10.1. The van der Waals surface area contributed by atoms with Crippen LogP contribution in [0.2, 0.25) is 0 Å². The molecule has 2 rings (SSSR count). The second kappa shape index (κ2) is 10.3. The van der Waals surface area contributed by atoms with E-state index in [9.17, 15) is 5.21 Å². The summed E-state index contributed by atoms with van der Waals surface area (Å²) in [5, 5.41) is 12.0. The summed E-state index contributed by atoms with van der Waals surface area (Å²) in [6.07, 6.45) is 4.92. The van der Waals surface area contributed by atoms with Gasteiger partial charge in [0.1, 0.15) is 11.5 Å². The number of piperidine rings is 1. The Morgan fingerprint density at radius 2 is 1.37 bits per heavy atom. The minimum Gasteiger partial charge on any atom is -0.491 e. The zero-order valence-electron chi connectivity index (χ0n) is 20.3. The average molecular weight is 422 g/mol. The van der Waals surface area contributed by atoms with Crippen LogP contribution >= 0.6 is 0 Å². The molecular weight excluding hydrogens is 378 g/mol. The average Bonchev–Trinajstić information content (AvgIpc) is 2.66. The van der Waals surface area contributed by atoms with Crippen LogP contribution in [-0.4, -0.2) is 45.8 Å². The van der Waals surface area contributed by atoms with Crippen molar-refractivity contribution in [3.05, 3.63) is 24.3 Å².